The van der Waals surface area contributed by atoms with Crippen LogP contribution in [0.3, 0.4) is 0 Å². The van der Waals surface area contributed by atoms with Crippen molar-refractivity contribution in [1.82, 2.24) is 0 Å². The van der Waals surface area contributed by atoms with Crippen LogP contribution in [0.25, 0.3) is 0 Å². The lowest BCUT2D eigenvalue weighted by atomic mass is 9.82. The van der Waals surface area contributed by atoms with E-state index in [2.05, 4.69) is 0 Å². The summed E-state index contributed by atoms with van der Waals surface area (Å²) in [5, 5.41) is 19.8. The molecule has 0 aromatic heterocycles. The third-order valence-electron chi connectivity index (χ3n) is 6.97. The SMILES string of the molecule is COCCOCCOC(=O)c1cc(O)ccc1OC(=O)C1CCC(C(=O)Oc2ccc(O)cc2C(=O)OCCOCCOC)CC1. The molecule has 14 nitrogen and oxygen atoms in total. The van der Waals surface area contributed by atoms with E-state index in [1.807, 2.05) is 0 Å². The molecule has 1 saturated carbocycles. The van der Waals surface area contributed by atoms with Crippen molar-refractivity contribution < 1.29 is 67.3 Å². The van der Waals surface area contributed by atoms with Crippen molar-refractivity contribution in [1.29, 1.82) is 0 Å². The number of phenols is 2. The molecule has 46 heavy (non-hydrogen) atoms. The summed E-state index contributed by atoms with van der Waals surface area (Å²) in [4.78, 5) is 51.2. The first-order valence-electron chi connectivity index (χ1n) is 14.8. The lowest BCUT2D eigenvalue weighted by Gasteiger charge is -2.26. The molecule has 252 valence electrons. The second-order valence-electron chi connectivity index (χ2n) is 10.2. The number of esters is 4. The number of hydrogen-bond donors (Lipinski definition) is 2. The van der Waals surface area contributed by atoms with E-state index in [1.54, 1.807) is 0 Å². The van der Waals surface area contributed by atoms with Crippen LogP contribution in [-0.4, -0.2) is 101 Å². The van der Waals surface area contributed by atoms with Crippen LogP contribution in [0.5, 0.6) is 23.0 Å². The van der Waals surface area contributed by atoms with Crippen LogP contribution in [0.2, 0.25) is 0 Å². The van der Waals surface area contributed by atoms with Crippen molar-refractivity contribution in [3.05, 3.63) is 47.5 Å². The highest BCUT2D eigenvalue weighted by molar-refractivity contribution is 5.95. The monoisotopic (exact) mass is 648 g/mol. The Bertz CT molecular complexity index is 1200. The van der Waals surface area contributed by atoms with Gasteiger partial charge in [-0.3, -0.25) is 9.59 Å². The van der Waals surface area contributed by atoms with Crippen molar-refractivity contribution in [3.63, 3.8) is 0 Å². The third-order valence-corrected chi connectivity index (χ3v) is 6.97. The summed E-state index contributed by atoms with van der Waals surface area (Å²) in [6.45, 7) is 1.63. The average molecular weight is 649 g/mol. The van der Waals surface area contributed by atoms with Gasteiger partial charge in [0.25, 0.3) is 0 Å². The molecule has 1 fully saturated rings. The maximum absolute atomic E-state index is 13.0. The van der Waals surface area contributed by atoms with Gasteiger partial charge in [-0.2, -0.15) is 0 Å². The first-order valence-corrected chi connectivity index (χ1v) is 14.8. The van der Waals surface area contributed by atoms with Crippen molar-refractivity contribution in [2.75, 3.05) is 67.1 Å². The fourth-order valence-corrected chi connectivity index (χ4v) is 4.51. The highest BCUT2D eigenvalue weighted by Crippen LogP contribution is 2.33. The minimum atomic E-state index is -0.798. The molecule has 0 amide bonds. The molecule has 0 bridgehead atoms. The Morgan fingerprint density at radius 3 is 1.33 bits per heavy atom. The minimum Gasteiger partial charge on any atom is -0.508 e. The molecular weight excluding hydrogens is 608 g/mol. The van der Waals surface area contributed by atoms with Gasteiger partial charge in [-0.1, -0.05) is 0 Å². The van der Waals surface area contributed by atoms with Crippen molar-refractivity contribution in [2.24, 2.45) is 11.8 Å². The fourth-order valence-electron chi connectivity index (χ4n) is 4.51. The van der Waals surface area contributed by atoms with Gasteiger partial charge in [0.15, 0.2) is 0 Å². The number of benzene rings is 2. The molecule has 0 atom stereocenters. The number of aromatic hydroxyl groups is 2. The van der Waals surface area contributed by atoms with Crippen LogP contribution in [0, 0.1) is 11.8 Å². The molecule has 1 aliphatic rings. The van der Waals surface area contributed by atoms with Gasteiger partial charge in [-0.05, 0) is 62.1 Å². The zero-order valence-corrected chi connectivity index (χ0v) is 25.9. The van der Waals surface area contributed by atoms with Crippen LogP contribution in [0.15, 0.2) is 36.4 Å². The van der Waals surface area contributed by atoms with Gasteiger partial charge in [0.1, 0.15) is 47.3 Å². The summed E-state index contributed by atoms with van der Waals surface area (Å²) >= 11 is 0. The number of phenolic OH excluding ortho intramolecular Hbond substituents is 2. The maximum atomic E-state index is 13.0. The molecule has 0 heterocycles. The fraction of sp³-hybridized carbons (Fsp3) is 0.500. The van der Waals surface area contributed by atoms with Crippen LogP contribution >= 0.6 is 0 Å². The highest BCUT2D eigenvalue weighted by Gasteiger charge is 2.33. The number of carbonyl (C=O) groups excluding carboxylic acids is 4. The van der Waals surface area contributed by atoms with E-state index in [0.717, 1.165) is 12.1 Å². The maximum Gasteiger partial charge on any atom is 0.342 e. The zero-order valence-electron chi connectivity index (χ0n) is 25.9. The Hall–Kier alpha value is -4.24. The largest absolute Gasteiger partial charge is 0.508 e. The summed E-state index contributed by atoms with van der Waals surface area (Å²) in [7, 11) is 3.07. The van der Waals surface area contributed by atoms with Crippen molar-refractivity contribution >= 4 is 23.9 Å². The Kier molecular flexibility index (Phi) is 15.2. The van der Waals surface area contributed by atoms with E-state index in [1.165, 1.54) is 38.5 Å². The van der Waals surface area contributed by atoms with E-state index in [0.29, 0.717) is 52.1 Å². The molecule has 0 aliphatic heterocycles. The van der Waals surface area contributed by atoms with Gasteiger partial charge in [-0.25, -0.2) is 9.59 Å². The van der Waals surface area contributed by atoms with E-state index >= 15 is 0 Å². The van der Waals surface area contributed by atoms with E-state index in [-0.39, 0.29) is 60.6 Å². The van der Waals surface area contributed by atoms with Crippen LogP contribution in [-0.2, 0) is 38.0 Å². The predicted octanol–water partition coefficient (Wildman–Crippen LogP) is 3.05. The molecule has 1 aliphatic carbocycles. The van der Waals surface area contributed by atoms with Crippen LogP contribution in [0.1, 0.15) is 46.4 Å². The quantitative estimate of drug-likeness (QED) is 0.137. The molecule has 14 heteroatoms. The Labute approximate surface area is 266 Å². The molecule has 3 rings (SSSR count). The number of hydrogen-bond acceptors (Lipinski definition) is 14. The number of methoxy groups -OCH3 is 2. The smallest absolute Gasteiger partial charge is 0.342 e. The summed E-state index contributed by atoms with van der Waals surface area (Å²) < 4.78 is 41.7. The van der Waals surface area contributed by atoms with E-state index < -0.39 is 35.7 Å². The van der Waals surface area contributed by atoms with Gasteiger partial charge in [0.05, 0.1) is 51.5 Å². The van der Waals surface area contributed by atoms with Gasteiger partial charge in [0.2, 0.25) is 0 Å². The molecule has 0 spiro atoms. The topological polar surface area (TPSA) is 183 Å². The zero-order chi connectivity index (χ0) is 33.3. The lowest BCUT2D eigenvalue weighted by molar-refractivity contribution is -0.145. The Morgan fingerprint density at radius 1 is 0.587 bits per heavy atom. The van der Waals surface area contributed by atoms with Crippen LogP contribution in [0.4, 0.5) is 0 Å². The van der Waals surface area contributed by atoms with Gasteiger partial charge in [-0.15, -0.1) is 0 Å². The van der Waals surface area contributed by atoms with Crippen molar-refractivity contribution in [3.8, 4) is 23.0 Å². The Morgan fingerprint density at radius 2 is 0.957 bits per heavy atom. The molecule has 0 unspecified atom stereocenters. The third kappa shape index (κ3) is 11.6. The molecule has 2 aromatic rings. The molecule has 0 saturated heterocycles. The summed E-state index contributed by atoms with van der Waals surface area (Å²) in [5.74, 6) is -4.44. The standard InChI is InChI=1S/C32H40O14/c1-39-11-13-41-15-17-43-31(37)25-19-23(33)7-9-27(25)45-29(35)21-3-5-22(6-4-21)30(36)46-28-10-8-24(34)20-26(28)32(38)44-18-16-42-14-12-40-2/h7-10,19-22,33-34H,3-6,11-18H2,1-2H3. The van der Waals surface area contributed by atoms with Gasteiger partial charge >= 0.3 is 23.9 Å². The Balaban J connectivity index is 1.51. The lowest BCUT2D eigenvalue weighted by Crippen LogP contribution is -2.31. The molecule has 0 radical (unpaired) electrons. The summed E-state index contributed by atoms with van der Waals surface area (Å²) in [6, 6.07) is 7.46. The minimum absolute atomic E-state index is 0.0528. The van der Waals surface area contributed by atoms with Crippen LogP contribution < -0.4 is 9.47 Å². The van der Waals surface area contributed by atoms with Crippen molar-refractivity contribution in [2.45, 2.75) is 25.7 Å². The number of rotatable bonds is 18. The molecule has 2 N–H and O–H groups in total. The first-order chi connectivity index (χ1) is 22.2. The number of carbonyl (C=O) groups is 4. The van der Waals surface area contributed by atoms with Gasteiger partial charge < -0.3 is 48.1 Å². The normalized spacial score (nSPS) is 16.0. The molecule has 2 aromatic carbocycles. The van der Waals surface area contributed by atoms with E-state index in [4.69, 9.17) is 37.9 Å². The highest BCUT2D eigenvalue weighted by atomic mass is 16.6. The second kappa shape index (κ2) is 19.3. The summed E-state index contributed by atoms with van der Waals surface area (Å²) in [6.07, 6.45) is 1.23. The number of ether oxygens (including phenoxy) is 8. The second-order valence-corrected chi connectivity index (χ2v) is 10.2. The summed E-state index contributed by atoms with van der Waals surface area (Å²) in [5.41, 5.74) is -0.242. The predicted molar refractivity (Wildman–Crippen MR) is 159 cm³/mol. The first kappa shape index (κ1) is 36.2. The van der Waals surface area contributed by atoms with Gasteiger partial charge in [0, 0.05) is 14.2 Å². The molecular formula is C32H40O14. The van der Waals surface area contributed by atoms with E-state index in [9.17, 15) is 29.4 Å². The average Bonchev–Trinajstić information content (AvgIpc) is 3.05.